The largest absolute Gasteiger partial charge is 0.497 e. The summed E-state index contributed by atoms with van der Waals surface area (Å²) in [6.07, 6.45) is 1.86. The van der Waals surface area contributed by atoms with E-state index < -0.39 is 0 Å². The number of benzene rings is 3. The van der Waals surface area contributed by atoms with E-state index in [4.69, 9.17) is 9.84 Å². The molecule has 0 fully saturated rings. The van der Waals surface area contributed by atoms with Gasteiger partial charge < -0.3 is 4.74 Å². The summed E-state index contributed by atoms with van der Waals surface area (Å²) in [7, 11) is 1.62. The van der Waals surface area contributed by atoms with E-state index in [-0.39, 0.29) is 12.3 Å². The SMILES string of the molecule is COc1ccc(C=NNC(=O)CCn2nc(-c3ccccc3)cc2-c2ccccc2)cc1. The minimum atomic E-state index is -0.175. The molecule has 160 valence electrons. The fourth-order valence-electron chi connectivity index (χ4n) is 3.31. The Morgan fingerprint density at radius 2 is 1.62 bits per heavy atom. The van der Waals surface area contributed by atoms with E-state index in [2.05, 4.69) is 16.6 Å². The summed E-state index contributed by atoms with van der Waals surface area (Å²) in [4.78, 5) is 12.3. The summed E-state index contributed by atoms with van der Waals surface area (Å²) in [6, 6.07) is 29.6. The molecule has 0 aliphatic rings. The van der Waals surface area contributed by atoms with Crippen molar-refractivity contribution >= 4 is 12.1 Å². The first-order valence-corrected chi connectivity index (χ1v) is 10.4. The van der Waals surface area contributed by atoms with Gasteiger partial charge in [-0.1, -0.05) is 60.7 Å². The Morgan fingerprint density at radius 3 is 2.28 bits per heavy atom. The molecule has 1 aromatic heterocycles. The molecular formula is C26H24N4O2. The summed E-state index contributed by atoms with van der Waals surface area (Å²) in [5.41, 5.74) is 7.40. The number of methoxy groups -OCH3 is 1. The van der Waals surface area contributed by atoms with Gasteiger partial charge in [-0.15, -0.1) is 0 Å². The van der Waals surface area contributed by atoms with Gasteiger partial charge in [-0.25, -0.2) is 5.43 Å². The highest BCUT2D eigenvalue weighted by molar-refractivity contribution is 5.82. The molecule has 1 heterocycles. The molecule has 4 rings (SSSR count). The van der Waals surface area contributed by atoms with E-state index in [9.17, 15) is 4.79 Å². The summed E-state index contributed by atoms with van der Waals surface area (Å²) in [6.45, 7) is 0.445. The molecule has 4 aromatic rings. The minimum absolute atomic E-state index is 0.175. The van der Waals surface area contributed by atoms with Crippen molar-refractivity contribution in [2.24, 2.45) is 5.10 Å². The molecule has 0 saturated heterocycles. The maximum absolute atomic E-state index is 12.3. The molecule has 0 spiro atoms. The minimum Gasteiger partial charge on any atom is -0.497 e. The summed E-state index contributed by atoms with van der Waals surface area (Å²) in [5.74, 6) is 0.597. The van der Waals surface area contributed by atoms with Crippen LogP contribution in [0.3, 0.4) is 0 Å². The third-order valence-corrected chi connectivity index (χ3v) is 4.99. The molecule has 6 heteroatoms. The molecule has 3 aromatic carbocycles. The number of hydrazone groups is 1. The third kappa shape index (κ3) is 5.29. The number of nitrogens with zero attached hydrogens (tertiary/aromatic N) is 3. The molecule has 1 N–H and O–H groups in total. The lowest BCUT2D eigenvalue weighted by Crippen LogP contribution is -2.20. The van der Waals surface area contributed by atoms with E-state index >= 15 is 0 Å². The Balaban J connectivity index is 1.44. The van der Waals surface area contributed by atoms with Gasteiger partial charge >= 0.3 is 0 Å². The Bertz CT molecular complexity index is 1180. The first-order valence-electron chi connectivity index (χ1n) is 10.4. The van der Waals surface area contributed by atoms with Crippen LogP contribution in [-0.4, -0.2) is 29.0 Å². The van der Waals surface area contributed by atoms with Crippen LogP contribution in [0.4, 0.5) is 0 Å². The van der Waals surface area contributed by atoms with E-state index in [1.807, 2.05) is 89.6 Å². The number of aromatic nitrogens is 2. The van der Waals surface area contributed by atoms with E-state index in [0.717, 1.165) is 33.8 Å². The molecular weight excluding hydrogens is 400 g/mol. The number of rotatable bonds is 8. The molecule has 6 nitrogen and oxygen atoms in total. The number of hydrogen-bond donors (Lipinski definition) is 1. The summed E-state index contributed by atoms with van der Waals surface area (Å²) in [5, 5.41) is 8.81. The van der Waals surface area contributed by atoms with Crippen molar-refractivity contribution in [2.75, 3.05) is 7.11 Å². The van der Waals surface area contributed by atoms with Crippen molar-refractivity contribution in [3.05, 3.63) is 96.6 Å². The highest BCUT2D eigenvalue weighted by Gasteiger charge is 2.12. The first-order chi connectivity index (χ1) is 15.7. The van der Waals surface area contributed by atoms with Gasteiger partial charge in [0.25, 0.3) is 0 Å². The van der Waals surface area contributed by atoms with E-state index in [0.29, 0.717) is 6.54 Å². The fourth-order valence-corrected chi connectivity index (χ4v) is 3.31. The second-order valence-electron chi connectivity index (χ2n) is 7.19. The van der Waals surface area contributed by atoms with Crippen molar-refractivity contribution in [2.45, 2.75) is 13.0 Å². The zero-order valence-corrected chi connectivity index (χ0v) is 17.8. The third-order valence-electron chi connectivity index (χ3n) is 4.99. The van der Waals surface area contributed by atoms with Crippen LogP contribution < -0.4 is 10.2 Å². The molecule has 0 unspecified atom stereocenters. The smallest absolute Gasteiger partial charge is 0.241 e. The molecule has 1 amide bonds. The topological polar surface area (TPSA) is 68.5 Å². The molecule has 0 radical (unpaired) electrons. The van der Waals surface area contributed by atoms with Crippen LogP contribution in [0.15, 0.2) is 96.1 Å². The second-order valence-corrected chi connectivity index (χ2v) is 7.19. The first kappa shape index (κ1) is 21.1. The van der Waals surface area contributed by atoms with Crippen molar-refractivity contribution in [1.82, 2.24) is 15.2 Å². The zero-order valence-electron chi connectivity index (χ0n) is 17.8. The Labute approximate surface area is 187 Å². The molecule has 0 atom stereocenters. The standard InChI is InChI=1S/C26H24N4O2/c1-32-23-14-12-20(13-15-23)19-27-28-26(31)16-17-30-25(22-10-6-3-7-11-22)18-24(29-30)21-8-4-2-5-9-21/h2-15,18-19H,16-17H2,1H3,(H,28,31). The molecule has 0 bridgehead atoms. The average Bonchev–Trinajstić information content (AvgIpc) is 3.29. The van der Waals surface area contributed by atoms with Gasteiger partial charge in [-0.2, -0.15) is 10.2 Å². The lowest BCUT2D eigenvalue weighted by Gasteiger charge is -2.07. The Kier molecular flexibility index (Phi) is 6.72. The van der Waals surface area contributed by atoms with Gasteiger partial charge in [0.15, 0.2) is 0 Å². The van der Waals surface area contributed by atoms with Crippen LogP contribution in [0.5, 0.6) is 5.75 Å². The van der Waals surface area contributed by atoms with Gasteiger partial charge in [0.2, 0.25) is 5.91 Å². The Hall–Kier alpha value is -4.19. The second kappa shape index (κ2) is 10.2. The molecule has 0 saturated carbocycles. The average molecular weight is 425 g/mol. The lowest BCUT2D eigenvalue weighted by molar-refractivity contribution is -0.121. The molecule has 0 aliphatic heterocycles. The number of aryl methyl sites for hydroxylation is 1. The maximum Gasteiger partial charge on any atom is 0.241 e. The Morgan fingerprint density at radius 1 is 0.969 bits per heavy atom. The van der Waals surface area contributed by atoms with Crippen molar-refractivity contribution in [3.8, 4) is 28.3 Å². The van der Waals surface area contributed by atoms with Crippen LogP contribution >= 0.6 is 0 Å². The highest BCUT2D eigenvalue weighted by atomic mass is 16.5. The monoisotopic (exact) mass is 424 g/mol. The van der Waals surface area contributed by atoms with Crippen LogP contribution in [0.25, 0.3) is 22.5 Å². The number of nitrogens with one attached hydrogen (secondary N) is 1. The van der Waals surface area contributed by atoms with E-state index in [1.54, 1.807) is 13.3 Å². The lowest BCUT2D eigenvalue weighted by atomic mass is 10.1. The molecule has 0 aliphatic carbocycles. The zero-order chi connectivity index (χ0) is 22.2. The predicted octanol–water partition coefficient (Wildman–Crippen LogP) is 4.77. The number of hydrogen-bond acceptors (Lipinski definition) is 4. The quantitative estimate of drug-likeness (QED) is 0.327. The van der Waals surface area contributed by atoms with Crippen LogP contribution in [0, 0.1) is 0 Å². The van der Waals surface area contributed by atoms with Gasteiger partial charge in [-0.05, 0) is 41.5 Å². The number of carbonyl (C=O) groups excluding carboxylic acids is 1. The van der Waals surface area contributed by atoms with Gasteiger partial charge in [0, 0.05) is 12.0 Å². The van der Waals surface area contributed by atoms with Crippen molar-refractivity contribution in [1.29, 1.82) is 0 Å². The predicted molar refractivity (Wildman–Crippen MR) is 126 cm³/mol. The van der Waals surface area contributed by atoms with Crippen molar-refractivity contribution < 1.29 is 9.53 Å². The summed E-state index contributed by atoms with van der Waals surface area (Å²) >= 11 is 0. The van der Waals surface area contributed by atoms with Crippen molar-refractivity contribution in [3.63, 3.8) is 0 Å². The van der Waals surface area contributed by atoms with Crippen LogP contribution in [0.2, 0.25) is 0 Å². The van der Waals surface area contributed by atoms with Gasteiger partial charge in [-0.3, -0.25) is 9.48 Å². The normalized spacial score (nSPS) is 10.9. The van der Waals surface area contributed by atoms with Crippen LogP contribution in [-0.2, 0) is 11.3 Å². The van der Waals surface area contributed by atoms with Gasteiger partial charge in [0.05, 0.1) is 31.3 Å². The van der Waals surface area contributed by atoms with E-state index in [1.165, 1.54) is 0 Å². The maximum atomic E-state index is 12.3. The number of carbonyl (C=O) groups is 1. The number of ether oxygens (including phenoxy) is 1. The molecule has 32 heavy (non-hydrogen) atoms. The van der Waals surface area contributed by atoms with Gasteiger partial charge in [0.1, 0.15) is 5.75 Å². The van der Waals surface area contributed by atoms with Crippen LogP contribution in [0.1, 0.15) is 12.0 Å². The summed E-state index contributed by atoms with van der Waals surface area (Å²) < 4.78 is 7.01. The highest BCUT2D eigenvalue weighted by Crippen LogP contribution is 2.26. The number of amides is 1. The fraction of sp³-hybridized carbons (Fsp3) is 0.115.